The molecule has 0 aliphatic heterocycles. The fourth-order valence-corrected chi connectivity index (χ4v) is 4.34. The van der Waals surface area contributed by atoms with E-state index in [2.05, 4.69) is 85.7 Å². The number of hydrogen-bond acceptors (Lipinski definition) is 5. The maximum absolute atomic E-state index is 4.63. The van der Waals surface area contributed by atoms with Crippen LogP contribution in [-0.4, -0.2) is 36.2 Å². The minimum atomic E-state index is 0.331. The van der Waals surface area contributed by atoms with E-state index in [0.717, 1.165) is 61.3 Å². The smallest absolute Gasteiger partial charge is 0.155 e. The van der Waals surface area contributed by atoms with Crippen molar-refractivity contribution in [3.8, 4) is 33.6 Å². The number of H-pyrrole nitrogens is 2. The first-order valence-corrected chi connectivity index (χ1v) is 11.2. The zero-order valence-corrected chi connectivity index (χ0v) is 18.9. The summed E-state index contributed by atoms with van der Waals surface area (Å²) in [5.41, 5.74) is 8.84. The van der Waals surface area contributed by atoms with Crippen LogP contribution in [0.5, 0.6) is 0 Å². The van der Waals surface area contributed by atoms with Gasteiger partial charge in [0, 0.05) is 64.4 Å². The lowest BCUT2D eigenvalue weighted by atomic mass is 10.0. The average molecular weight is 446 g/mol. The van der Waals surface area contributed by atoms with Crippen LogP contribution >= 0.6 is 0 Å². The third-order valence-corrected chi connectivity index (χ3v) is 5.85. The van der Waals surface area contributed by atoms with Gasteiger partial charge in [-0.15, -0.1) is 0 Å². The molecule has 0 fully saturated rings. The second kappa shape index (κ2) is 8.12. The molecule has 0 bridgehead atoms. The van der Waals surface area contributed by atoms with Crippen molar-refractivity contribution in [2.75, 3.05) is 5.32 Å². The maximum Gasteiger partial charge on any atom is 0.155 e. The normalized spacial score (nSPS) is 11.5. The van der Waals surface area contributed by atoms with Gasteiger partial charge in [0.2, 0.25) is 0 Å². The first-order chi connectivity index (χ1) is 16.7. The molecule has 0 saturated carbocycles. The van der Waals surface area contributed by atoms with Gasteiger partial charge in [-0.25, -0.2) is 4.98 Å². The van der Waals surface area contributed by atoms with Crippen LogP contribution < -0.4 is 5.32 Å². The zero-order valence-electron chi connectivity index (χ0n) is 18.9. The van der Waals surface area contributed by atoms with Crippen molar-refractivity contribution in [1.29, 1.82) is 0 Å². The molecule has 166 valence electrons. The summed E-state index contributed by atoms with van der Waals surface area (Å²) in [6.07, 6.45) is 9.18. The number of rotatable bonds is 5. The van der Waals surface area contributed by atoms with Gasteiger partial charge in [0.25, 0.3) is 0 Å². The molecule has 34 heavy (non-hydrogen) atoms. The first kappa shape index (κ1) is 20.1. The van der Waals surface area contributed by atoms with Gasteiger partial charge in [-0.2, -0.15) is 5.10 Å². The topological polar surface area (TPSA) is 95.2 Å². The number of nitrogens with one attached hydrogen (secondary N) is 3. The van der Waals surface area contributed by atoms with Crippen LogP contribution in [0.15, 0.2) is 79.5 Å². The molecule has 0 saturated heterocycles. The molecular formula is C27H23N7. The second-order valence-corrected chi connectivity index (χ2v) is 8.64. The monoisotopic (exact) mass is 445 g/mol. The lowest BCUT2D eigenvalue weighted by molar-refractivity contribution is 0.898. The number of aromatic amines is 2. The van der Waals surface area contributed by atoms with E-state index in [1.54, 1.807) is 0 Å². The lowest BCUT2D eigenvalue weighted by Gasteiger charge is -2.10. The maximum atomic E-state index is 4.63. The molecule has 0 unspecified atom stereocenters. The fraction of sp³-hybridized carbons (Fsp3) is 0.111. The Balaban J connectivity index is 1.45. The third kappa shape index (κ3) is 3.57. The molecule has 6 aromatic rings. The van der Waals surface area contributed by atoms with Gasteiger partial charge in [0.15, 0.2) is 5.65 Å². The van der Waals surface area contributed by atoms with Gasteiger partial charge in [-0.3, -0.25) is 15.1 Å². The minimum Gasteiger partial charge on any atom is -0.382 e. The van der Waals surface area contributed by atoms with Crippen molar-refractivity contribution in [1.82, 2.24) is 30.1 Å². The van der Waals surface area contributed by atoms with Gasteiger partial charge in [-0.05, 0) is 61.4 Å². The number of benzene rings is 1. The van der Waals surface area contributed by atoms with Crippen molar-refractivity contribution >= 4 is 27.6 Å². The summed E-state index contributed by atoms with van der Waals surface area (Å²) >= 11 is 0. The molecule has 0 aliphatic carbocycles. The van der Waals surface area contributed by atoms with Gasteiger partial charge in [-0.1, -0.05) is 12.1 Å². The molecule has 0 aliphatic rings. The largest absolute Gasteiger partial charge is 0.382 e. The average Bonchev–Trinajstić information content (AvgIpc) is 3.48. The molecule has 6 rings (SSSR count). The van der Waals surface area contributed by atoms with Gasteiger partial charge < -0.3 is 10.3 Å². The number of pyridine rings is 3. The Morgan fingerprint density at radius 1 is 0.824 bits per heavy atom. The van der Waals surface area contributed by atoms with Crippen molar-refractivity contribution in [3.05, 3.63) is 79.5 Å². The summed E-state index contributed by atoms with van der Waals surface area (Å²) in [7, 11) is 0. The summed E-state index contributed by atoms with van der Waals surface area (Å²) in [5, 5.41) is 13.2. The van der Waals surface area contributed by atoms with E-state index >= 15 is 0 Å². The quantitative estimate of drug-likeness (QED) is 0.300. The highest BCUT2D eigenvalue weighted by molar-refractivity contribution is 6.01. The minimum absolute atomic E-state index is 0.331. The van der Waals surface area contributed by atoms with Crippen LogP contribution in [0.2, 0.25) is 0 Å². The van der Waals surface area contributed by atoms with Crippen LogP contribution in [0.3, 0.4) is 0 Å². The molecule has 0 spiro atoms. The molecule has 1 aromatic carbocycles. The van der Waals surface area contributed by atoms with Gasteiger partial charge in [0.05, 0.1) is 11.4 Å². The SMILES string of the molecule is CC(C)Nc1cncc(-c2cnc3[nH]nc(-c4cc5c(-c6ccncc6)cccc5[nH]4)c3c2)c1. The van der Waals surface area contributed by atoms with E-state index in [9.17, 15) is 0 Å². The van der Waals surface area contributed by atoms with E-state index in [-0.39, 0.29) is 0 Å². The predicted molar refractivity (Wildman–Crippen MR) is 136 cm³/mol. The van der Waals surface area contributed by atoms with Crippen LogP contribution in [0, 0.1) is 0 Å². The summed E-state index contributed by atoms with van der Waals surface area (Å²) < 4.78 is 0. The Morgan fingerprint density at radius 2 is 1.68 bits per heavy atom. The molecule has 5 heterocycles. The molecule has 7 nitrogen and oxygen atoms in total. The van der Waals surface area contributed by atoms with Crippen LogP contribution in [0.25, 0.3) is 55.6 Å². The Bertz CT molecular complexity index is 1610. The number of nitrogens with zero attached hydrogens (tertiary/aromatic N) is 4. The van der Waals surface area contributed by atoms with E-state index in [0.29, 0.717) is 6.04 Å². The fourth-order valence-electron chi connectivity index (χ4n) is 4.34. The summed E-state index contributed by atoms with van der Waals surface area (Å²) in [6, 6.07) is 17.0. The van der Waals surface area contributed by atoms with Crippen molar-refractivity contribution < 1.29 is 0 Å². The number of fused-ring (bicyclic) bond motifs is 2. The standard InChI is InChI=1S/C27H23N7/c1-16(2)31-20-10-18(13-29-15-20)19-11-23-26(33-34-27(23)30-14-19)25-12-22-21(4-3-5-24(22)32-25)17-6-8-28-9-7-17/h3-16,31-32H,1-2H3,(H,30,33,34). The molecular weight excluding hydrogens is 422 g/mol. The Kier molecular flexibility index (Phi) is 4.80. The molecule has 7 heteroatoms. The van der Waals surface area contributed by atoms with Crippen molar-refractivity contribution in [3.63, 3.8) is 0 Å². The van der Waals surface area contributed by atoms with Crippen molar-refractivity contribution in [2.24, 2.45) is 0 Å². The molecule has 0 radical (unpaired) electrons. The summed E-state index contributed by atoms with van der Waals surface area (Å²) in [4.78, 5) is 16.7. The zero-order chi connectivity index (χ0) is 23.1. The molecule has 5 aromatic heterocycles. The van der Waals surface area contributed by atoms with E-state index in [1.165, 1.54) is 0 Å². The Labute approximate surface area is 196 Å². The van der Waals surface area contributed by atoms with Crippen molar-refractivity contribution in [2.45, 2.75) is 19.9 Å². The summed E-state index contributed by atoms with van der Waals surface area (Å²) in [6.45, 7) is 4.22. The highest BCUT2D eigenvalue weighted by Gasteiger charge is 2.15. The van der Waals surface area contributed by atoms with Crippen LogP contribution in [-0.2, 0) is 0 Å². The van der Waals surface area contributed by atoms with E-state index < -0.39 is 0 Å². The van der Waals surface area contributed by atoms with Crippen LogP contribution in [0.4, 0.5) is 5.69 Å². The third-order valence-electron chi connectivity index (χ3n) is 5.85. The highest BCUT2D eigenvalue weighted by Crippen LogP contribution is 2.34. The first-order valence-electron chi connectivity index (χ1n) is 11.2. The van der Waals surface area contributed by atoms with Crippen LogP contribution in [0.1, 0.15) is 13.8 Å². The predicted octanol–water partition coefficient (Wildman–Crippen LogP) is 6.05. The number of aromatic nitrogens is 6. The van der Waals surface area contributed by atoms with Gasteiger partial charge in [0.1, 0.15) is 5.69 Å². The highest BCUT2D eigenvalue weighted by atomic mass is 15.2. The molecule has 0 amide bonds. The Morgan fingerprint density at radius 3 is 2.53 bits per heavy atom. The number of anilines is 1. The molecule has 0 atom stereocenters. The van der Waals surface area contributed by atoms with Gasteiger partial charge >= 0.3 is 0 Å². The summed E-state index contributed by atoms with van der Waals surface area (Å²) in [5.74, 6) is 0. The lowest BCUT2D eigenvalue weighted by Crippen LogP contribution is -2.09. The molecule has 3 N–H and O–H groups in total. The Hall–Kier alpha value is -4.52. The second-order valence-electron chi connectivity index (χ2n) is 8.64. The van der Waals surface area contributed by atoms with E-state index in [1.807, 2.05) is 43.1 Å². The number of hydrogen-bond donors (Lipinski definition) is 3. The van der Waals surface area contributed by atoms with E-state index in [4.69, 9.17) is 0 Å².